The van der Waals surface area contributed by atoms with E-state index in [0.717, 1.165) is 30.5 Å². The van der Waals surface area contributed by atoms with E-state index < -0.39 is 30.2 Å². The number of carbonyl (C=O) groups is 1. The summed E-state index contributed by atoms with van der Waals surface area (Å²) in [5, 5.41) is 10.2. The number of hydrogen-bond acceptors (Lipinski definition) is 6. The number of carboxylic acid groups (broad SMARTS) is 1. The lowest BCUT2D eigenvalue weighted by Gasteiger charge is -2.32. The molecule has 1 unspecified atom stereocenters. The van der Waals surface area contributed by atoms with Gasteiger partial charge in [0.2, 0.25) is 0 Å². The molecular weight excluding hydrogens is 423 g/mol. The van der Waals surface area contributed by atoms with E-state index in [9.17, 15) is 9.90 Å². The average Bonchev–Trinajstić information content (AvgIpc) is 3.47. The van der Waals surface area contributed by atoms with Crippen molar-refractivity contribution in [3.8, 4) is 0 Å². The van der Waals surface area contributed by atoms with E-state index >= 15 is 0 Å². The summed E-state index contributed by atoms with van der Waals surface area (Å²) in [7, 11) is -0.795. The molecule has 1 atom stereocenters. The highest BCUT2D eigenvalue weighted by Crippen LogP contribution is 2.45. The molecule has 2 saturated heterocycles. The summed E-state index contributed by atoms with van der Waals surface area (Å²) in [5.41, 5.74) is 2.41. The predicted molar refractivity (Wildman–Crippen MR) is 124 cm³/mol. The smallest absolute Gasteiger partial charge is 0.464 e. The number of aromatic nitrogens is 2. The van der Waals surface area contributed by atoms with Gasteiger partial charge in [0.25, 0.3) is 0 Å². The second-order valence-electron chi connectivity index (χ2n) is 10.8. The van der Waals surface area contributed by atoms with Crippen LogP contribution in [0.4, 0.5) is 4.79 Å². The van der Waals surface area contributed by atoms with Gasteiger partial charge in [-0.2, -0.15) is 0 Å². The van der Waals surface area contributed by atoms with E-state index in [4.69, 9.17) is 23.8 Å². The highest BCUT2D eigenvalue weighted by atomic mass is 16.7. The Morgan fingerprint density at radius 2 is 1.79 bits per heavy atom. The summed E-state index contributed by atoms with van der Waals surface area (Å²) in [5.74, 6) is -0.245. The first-order chi connectivity index (χ1) is 15.4. The molecule has 0 radical (unpaired) electrons. The fraction of sp³-hybridized carbons (Fsp3) is 0.667. The molecule has 33 heavy (non-hydrogen) atoms. The van der Waals surface area contributed by atoms with Gasteiger partial charge in [-0.3, -0.25) is 9.55 Å². The summed E-state index contributed by atoms with van der Waals surface area (Å²) in [6, 6.07) is 3.81. The van der Waals surface area contributed by atoms with Crippen LogP contribution in [0.3, 0.4) is 0 Å². The van der Waals surface area contributed by atoms with Crippen molar-refractivity contribution in [3.63, 3.8) is 0 Å². The summed E-state index contributed by atoms with van der Waals surface area (Å²) >= 11 is 0. The van der Waals surface area contributed by atoms with Gasteiger partial charge < -0.3 is 23.9 Å². The molecule has 1 saturated carbocycles. The number of pyridine rings is 1. The molecule has 5 rings (SSSR count). The molecule has 178 valence electrons. The molecule has 1 N–H and O–H groups in total. The Hall–Kier alpha value is -1.94. The van der Waals surface area contributed by atoms with Crippen LogP contribution in [0.15, 0.2) is 12.1 Å². The van der Waals surface area contributed by atoms with Crippen LogP contribution in [-0.4, -0.2) is 58.1 Å². The van der Waals surface area contributed by atoms with Crippen LogP contribution in [0.1, 0.15) is 83.9 Å². The number of hydrogen-bond donors (Lipinski definition) is 1. The van der Waals surface area contributed by atoms with Crippen molar-refractivity contribution < 1.29 is 28.7 Å². The zero-order valence-corrected chi connectivity index (χ0v) is 20.3. The Bertz CT molecular complexity index is 1090. The monoisotopic (exact) mass is 456 g/mol. The Morgan fingerprint density at radius 3 is 2.36 bits per heavy atom. The SMILES string of the molecule is CC(C)c1c(B2OC(C)(C)C(C)(C)O2)n(C(=O)O)c2ccc(C3CCC4(C3)OCCO4)nc12. The molecule has 0 aromatic carbocycles. The van der Waals surface area contributed by atoms with E-state index in [-0.39, 0.29) is 11.8 Å². The molecule has 2 aromatic heterocycles. The van der Waals surface area contributed by atoms with Gasteiger partial charge in [0.15, 0.2) is 5.79 Å². The maximum Gasteiger partial charge on any atom is 0.513 e. The molecule has 1 aliphatic carbocycles. The first kappa shape index (κ1) is 22.8. The third-order valence-electron chi connectivity index (χ3n) is 7.82. The van der Waals surface area contributed by atoms with Gasteiger partial charge in [-0.15, -0.1) is 0 Å². The number of ether oxygens (including phenoxy) is 2. The second kappa shape index (κ2) is 7.53. The maximum atomic E-state index is 12.5. The van der Waals surface area contributed by atoms with E-state index in [1.807, 2.05) is 39.8 Å². The average molecular weight is 456 g/mol. The number of fused-ring (bicyclic) bond motifs is 1. The van der Waals surface area contributed by atoms with Crippen molar-refractivity contribution in [1.82, 2.24) is 9.55 Å². The van der Waals surface area contributed by atoms with E-state index in [1.54, 1.807) is 0 Å². The Labute approximate surface area is 194 Å². The van der Waals surface area contributed by atoms with E-state index in [2.05, 4.69) is 13.8 Å². The Morgan fingerprint density at radius 1 is 1.15 bits per heavy atom. The van der Waals surface area contributed by atoms with Crippen LogP contribution < -0.4 is 5.59 Å². The minimum Gasteiger partial charge on any atom is -0.464 e. The third-order valence-corrected chi connectivity index (χ3v) is 7.82. The first-order valence-corrected chi connectivity index (χ1v) is 11.9. The molecule has 1 spiro atoms. The molecule has 0 bridgehead atoms. The van der Waals surface area contributed by atoms with Gasteiger partial charge >= 0.3 is 13.2 Å². The van der Waals surface area contributed by atoms with Gasteiger partial charge in [0.1, 0.15) is 0 Å². The molecule has 3 aliphatic rings. The van der Waals surface area contributed by atoms with Crippen LogP contribution in [0.25, 0.3) is 11.0 Å². The second-order valence-corrected chi connectivity index (χ2v) is 10.8. The van der Waals surface area contributed by atoms with Crippen molar-refractivity contribution in [1.29, 1.82) is 0 Å². The first-order valence-electron chi connectivity index (χ1n) is 11.9. The van der Waals surface area contributed by atoms with Crippen molar-refractivity contribution in [3.05, 3.63) is 23.4 Å². The molecule has 2 aliphatic heterocycles. The highest BCUT2D eigenvalue weighted by molar-refractivity contribution is 6.63. The van der Waals surface area contributed by atoms with Gasteiger partial charge in [0, 0.05) is 24.5 Å². The molecule has 3 fully saturated rings. The highest BCUT2D eigenvalue weighted by Gasteiger charge is 2.54. The van der Waals surface area contributed by atoms with E-state index in [0.29, 0.717) is 29.8 Å². The minimum atomic E-state index is -1.07. The molecule has 4 heterocycles. The van der Waals surface area contributed by atoms with Crippen molar-refractivity contribution in [2.24, 2.45) is 0 Å². The minimum absolute atomic E-state index is 0.0290. The van der Waals surface area contributed by atoms with Gasteiger partial charge in [-0.25, -0.2) is 4.79 Å². The maximum absolute atomic E-state index is 12.5. The van der Waals surface area contributed by atoms with Crippen molar-refractivity contribution in [2.75, 3.05) is 13.2 Å². The summed E-state index contributed by atoms with van der Waals surface area (Å²) < 4.78 is 25.7. The van der Waals surface area contributed by atoms with Crippen LogP contribution in [0.2, 0.25) is 0 Å². The van der Waals surface area contributed by atoms with Crippen LogP contribution in [0, 0.1) is 0 Å². The lowest BCUT2D eigenvalue weighted by molar-refractivity contribution is -0.151. The van der Waals surface area contributed by atoms with Crippen LogP contribution in [-0.2, 0) is 18.8 Å². The summed E-state index contributed by atoms with van der Waals surface area (Å²) in [6.07, 6.45) is 1.48. The molecule has 2 aromatic rings. The quantitative estimate of drug-likeness (QED) is 0.699. The lowest BCUT2D eigenvalue weighted by atomic mass is 9.78. The van der Waals surface area contributed by atoms with Crippen LogP contribution >= 0.6 is 0 Å². The number of nitrogens with zero attached hydrogens (tertiary/aromatic N) is 2. The Kier molecular flexibility index (Phi) is 5.21. The standard InChI is InChI=1S/C24H33BN2O6/c1-14(2)18-19-17(8-7-16(26-19)15-9-10-24(13-15)30-11-12-31-24)27(21(28)29)20(18)25-32-22(3,4)23(5,6)33-25/h7-8,14-15H,9-13H2,1-6H3,(H,28,29). The predicted octanol–water partition coefficient (Wildman–Crippen LogP) is 4.00. The zero-order valence-electron chi connectivity index (χ0n) is 20.3. The molecule has 9 heteroatoms. The number of rotatable bonds is 3. The van der Waals surface area contributed by atoms with E-state index in [1.165, 1.54) is 4.57 Å². The van der Waals surface area contributed by atoms with Gasteiger partial charge in [-0.1, -0.05) is 13.8 Å². The van der Waals surface area contributed by atoms with Gasteiger partial charge in [0.05, 0.1) is 41.0 Å². The molecular formula is C24H33BN2O6. The third kappa shape index (κ3) is 3.52. The largest absolute Gasteiger partial charge is 0.513 e. The van der Waals surface area contributed by atoms with Gasteiger partial charge in [-0.05, 0) is 57.7 Å². The topological polar surface area (TPSA) is 92.0 Å². The fourth-order valence-electron chi connectivity index (χ4n) is 5.39. The normalized spacial score (nSPS) is 25.7. The summed E-state index contributed by atoms with van der Waals surface area (Å²) in [6.45, 7) is 13.2. The lowest BCUT2D eigenvalue weighted by Crippen LogP contribution is -2.43. The van der Waals surface area contributed by atoms with Crippen LogP contribution in [0.5, 0.6) is 0 Å². The molecule has 0 amide bonds. The Balaban J connectivity index is 1.62. The molecule has 8 nitrogen and oxygen atoms in total. The van der Waals surface area contributed by atoms with Crippen molar-refractivity contribution >= 4 is 29.8 Å². The van der Waals surface area contributed by atoms with Crippen molar-refractivity contribution in [2.45, 2.75) is 89.6 Å². The zero-order chi connectivity index (χ0) is 23.8. The fourth-order valence-corrected chi connectivity index (χ4v) is 5.39. The summed E-state index contributed by atoms with van der Waals surface area (Å²) in [4.78, 5) is 17.5.